The molecule has 0 saturated carbocycles. The van der Waals surface area contributed by atoms with Crippen molar-refractivity contribution in [2.45, 2.75) is 26.1 Å². The van der Waals surface area contributed by atoms with E-state index >= 15 is 0 Å². The molecular formula is C17H20N4O2. The van der Waals surface area contributed by atoms with Crippen LogP contribution in [0.1, 0.15) is 24.4 Å². The summed E-state index contributed by atoms with van der Waals surface area (Å²) in [5.74, 6) is 0.911. The second-order valence-corrected chi connectivity index (χ2v) is 5.83. The first-order valence-corrected chi connectivity index (χ1v) is 8.02. The monoisotopic (exact) mass is 312 g/mol. The van der Waals surface area contributed by atoms with Gasteiger partial charge in [0.05, 0.1) is 12.9 Å². The van der Waals surface area contributed by atoms with E-state index in [2.05, 4.69) is 28.1 Å². The molecule has 3 heterocycles. The molecule has 0 radical (unpaired) electrons. The molecule has 1 aliphatic rings. The van der Waals surface area contributed by atoms with Crippen molar-refractivity contribution >= 4 is 11.0 Å². The fourth-order valence-electron chi connectivity index (χ4n) is 3.16. The van der Waals surface area contributed by atoms with Crippen LogP contribution in [0.5, 0.6) is 0 Å². The highest BCUT2D eigenvalue weighted by Gasteiger charge is 2.26. The Labute approximate surface area is 134 Å². The number of furan rings is 1. The average Bonchev–Trinajstić information content (AvgIpc) is 3.22. The topological polar surface area (TPSA) is 56.3 Å². The summed E-state index contributed by atoms with van der Waals surface area (Å²) in [4.78, 5) is 2.39. The Kier molecular flexibility index (Phi) is 3.85. The summed E-state index contributed by atoms with van der Waals surface area (Å²) in [5.41, 5.74) is 2.16. The maximum Gasteiger partial charge on any atom is 0.163 e. The maximum absolute atomic E-state index is 5.91. The van der Waals surface area contributed by atoms with Gasteiger partial charge in [-0.3, -0.25) is 4.90 Å². The van der Waals surface area contributed by atoms with E-state index in [9.17, 15) is 0 Å². The molecular weight excluding hydrogens is 292 g/mol. The van der Waals surface area contributed by atoms with Crippen molar-refractivity contribution in [2.75, 3.05) is 19.7 Å². The largest absolute Gasteiger partial charge is 0.464 e. The number of para-hydroxylation sites is 1. The maximum atomic E-state index is 5.91. The minimum absolute atomic E-state index is 0.0237. The first-order chi connectivity index (χ1) is 11.3. The molecule has 23 heavy (non-hydrogen) atoms. The second-order valence-electron chi connectivity index (χ2n) is 5.83. The smallest absolute Gasteiger partial charge is 0.163 e. The zero-order chi connectivity index (χ0) is 15.6. The molecule has 1 atom stereocenters. The number of aryl methyl sites for hydroxylation is 1. The number of hydrogen-bond acceptors (Lipinski definition) is 5. The van der Waals surface area contributed by atoms with Gasteiger partial charge < -0.3 is 13.7 Å². The number of ether oxygens (including phenoxy) is 1. The molecule has 120 valence electrons. The Bertz CT molecular complexity index is 795. The molecule has 0 spiro atoms. The summed E-state index contributed by atoms with van der Waals surface area (Å²) in [7, 11) is 0. The van der Waals surface area contributed by atoms with Crippen molar-refractivity contribution in [3.8, 4) is 0 Å². The van der Waals surface area contributed by atoms with E-state index in [0.29, 0.717) is 6.61 Å². The van der Waals surface area contributed by atoms with Gasteiger partial charge in [-0.25, -0.2) is 0 Å². The summed E-state index contributed by atoms with van der Waals surface area (Å²) in [5, 5.41) is 9.43. The zero-order valence-electron chi connectivity index (χ0n) is 13.2. The highest BCUT2D eigenvalue weighted by molar-refractivity contribution is 5.80. The molecule has 0 bridgehead atoms. The fraction of sp³-hybridized carbons (Fsp3) is 0.412. The molecule has 6 nitrogen and oxygen atoms in total. The number of rotatable bonds is 4. The normalized spacial score (nSPS) is 19.4. The molecule has 1 unspecified atom stereocenters. The van der Waals surface area contributed by atoms with Crippen LogP contribution in [0.3, 0.4) is 0 Å². The van der Waals surface area contributed by atoms with Crippen molar-refractivity contribution in [1.82, 2.24) is 19.7 Å². The van der Waals surface area contributed by atoms with Gasteiger partial charge >= 0.3 is 0 Å². The molecule has 3 aromatic rings. The van der Waals surface area contributed by atoms with Crippen LogP contribution in [-0.4, -0.2) is 39.4 Å². The zero-order valence-corrected chi connectivity index (χ0v) is 13.2. The highest BCUT2D eigenvalue weighted by Crippen LogP contribution is 2.25. The van der Waals surface area contributed by atoms with Gasteiger partial charge in [0, 0.05) is 37.1 Å². The lowest BCUT2D eigenvalue weighted by molar-refractivity contribution is -0.0388. The Hall–Kier alpha value is -2.18. The summed E-state index contributed by atoms with van der Waals surface area (Å²) < 4.78 is 13.6. The minimum Gasteiger partial charge on any atom is -0.464 e. The van der Waals surface area contributed by atoms with E-state index in [1.54, 1.807) is 6.33 Å². The van der Waals surface area contributed by atoms with Gasteiger partial charge in [0.1, 0.15) is 18.0 Å². The Balaban J connectivity index is 1.51. The Morgan fingerprint density at radius 1 is 1.30 bits per heavy atom. The van der Waals surface area contributed by atoms with E-state index in [0.717, 1.165) is 37.6 Å². The lowest BCUT2D eigenvalue weighted by Crippen LogP contribution is -2.38. The first kappa shape index (κ1) is 14.4. The van der Waals surface area contributed by atoms with E-state index in [1.165, 1.54) is 10.9 Å². The Morgan fingerprint density at radius 3 is 3.13 bits per heavy atom. The van der Waals surface area contributed by atoms with Gasteiger partial charge in [0.15, 0.2) is 5.82 Å². The fourth-order valence-corrected chi connectivity index (χ4v) is 3.16. The van der Waals surface area contributed by atoms with Crippen molar-refractivity contribution < 1.29 is 9.15 Å². The molecule has 1 saturated heterocycles. The number of aromatic nitrogens is 3. The van der Waals surface area contributed by atoms with Gasteiger partial charge in [0.2, 0.25) is 0 Å². The van der Waals surface area contributed by atoms with Gasteiger partial charge in [0.25, 0.3) is 0 Å². The molecule has 6 heteroatoms. The lowest BCUT2D eigenvalue weighted by Gasteiger charge is -2.32. The van der Waals surface area contributed by atoms with Crippen LogP contribution in [0, 0.1) is 0 Å². The number of hydrogen-bond donors (Lipinski definition) is 0. The molecule has 1 aliphatic heterocycles. The van der Waals surface area contributed by atoms with Gasteiger partial charge in [-0.1, -0.05) is 18.2 Å². The summed E-state index contributed by atoms with van der Waals surface area (Å²) in [6.45, 7) is 6.24. The van der Waals surface area contributed by atoms with Crippen LogP contribution in [-0.2, 0) is 17.8 Å². The molecule has 0 N–H and O–H groups in total. The average molecular weight is 312 g/mol. The van der Waals surface area contributed by atoms with Gasteiger partial charge in [-0.05, 0) is 13.0 Å². The number of nitrogens with zero attached hydrogens (tertiary/aromatic N) is 4. The third kappa shape index (κ3) is 2.75. The van der Waals surface area contributed by atoms with Crippen LogP contribution < -0.4 is 0 Å². The first-order valence-electron chi connectivity index (χ1n) is 8.02. The summed E-state index contributed by atoms with van der Waals surface area (Å²) in [6, 6.07) is 8.16. The minimum atomic E-state index is -0.0237. The third-order valence-electron chi connectivity index (χ3n) is 4.38. The molecule has 0 aliphatic carbocycles. The highest BCUT2D eigenvalue weighted by atomic mass is 16.5. The van der Waals surface area contributed by atoms with E-state index in [1.807, 2.05) is 29.0 Å². The number of benzene rings is 1. The van der Waals surface area contributed by atoms with Crippen LogP contribution >= 0.6 is 0 Å². The summed E-state index contributed by atoms with van der Waals surface area (Å²) in [6.07, 6.45) is 3.61. The third-order valence-corrected chi connectivity index (χ3v) is 4.38. The van der Waals surface area contributed by atoms with E-state index < -0.39 is 0 Å². The standard InChI is InChI=1S/C17H20N4O2/c1-2-21-12-18-19-17(21)16-10-20(7-8-22-16)9-13-11-23-15-6-4-3-5-14(13)15/h3-6,11-12,16H,2,7-10H2,1H3. The van der Waals surface area contributed by atoms with Crippen LogP contribution in [0.4, 0.5) is 0 Å². The van der Waals surface area contributed by atoms with Gasteiger partial charge in [-0.2, -0.15) is 0 Å². The van der Waals surface area contributed by atoms with Crippen molar-refractivity contribution in [3.05, 3.63) is 48.2 Å². The van der Waals surface area contributed by atoms with Crippen molar-refractivity contribution in [1.29, 1.82) is 0 Å². The van der Waals surface area contributed by atoms with Crippen LogP contribution in [0.15, 0.2) is 41.3 Å². The van der Waals surface area contributed by atoms with Gasteiger partial charge in [-0.15, -0.1) is 10.2 Å². The molecule has 2 aromatic heterocycles. The van der Waals surface area contributed by atoms with E-state index in [4.69, 9.17) is 9.15 Å². The lowest BCUT2D eigenvalue weighted by atomic mass is 10.1. The van der Waals surface area contributed by atoms with Crippen LogP contribution in [0.2, 0.25) is 0 Å². The predicted molar refractivity (Wildman–Crippen MR) is 85.9 cm³/mol. The SMILES string of the molecule is CCn1cnnc1C1CN(Cc2coc3ccccc23)CCO1. The van der Waals surface area contributed by atoms with E-state index in [-0.39, 0.29) is 6.10 Å². The molecule has 1 fully saturated rings. The van der Waals surface area contributed by atoms with Crippen molar-refractivity contribution in [3.63, 3.8) is 0 Å². The second kappa shape index (κ2) is 6.14. The molecule has 0 amide bonds. The number of fused-ring (bicyclic) bond motifs is 1. The number of morpholine rings is 1. The molecule has 1 aromatic carbocycles. The predicted octanol–water partition coefficient (Wildman–Crippen LogP) is 2.62. The summed E-state index contributed by atoms with van der Waals surface area (Å²) >= 11 is 0. The van der Waals surface area contributed by atoms with Crippen molar-refractivity contribution in [2.24, 2.45) is 0 Å². The quantitative estimate of drug-likeness (QED) is 0.741. The van der Waals surface area contributed by atoms with Crippen LogP contribution in [0.25, 0.3) is 11.0 Å². The molecule has 4 rings (SSSR count). The Morgan fingerprint density at radius 2 is 2.22 bits per heavy atom.